The van der Waals surface area contributed by atoms with Crippen LogP contribution in [0.5, 0.6) is 5.75 Å². The van der Waals surface area contributed by atoms with E-state index in [-0.39, 0.29) is 37.8 Å². The maximum Gasteiger partial charge on any atom is 0.313 e. The zero-order valence-corrected chi connectivity index (χ0v) is 27.5. The SMILES string of the molecule is CC(C)(C)OC(=O)C[C@H](NC(=O)C1COCCN(C(=O)C(=O)Nc2ccccc2C(C)(C)C)C1)C(=O)COc1c(F)c(F)cc(F)c1F. The summed E-state index contributed by atoms with van der Waals surface area (Å²) >= 11 is 0. The summed E-state index contributed by atoms with van der Waals surface area (Å²) in [5.41, 5.74) is -0.100. The molecule has 0 aliphatic carbocycles. The summed E-state index contributed by atoms with van der Waals surface area (Å²) in [5, 5.41) is 4.97. The highest BCUT2D eigenvalue weighted by molar-refractivity contribution is 6.39. The molecule has 48 heavy (non-hydrogen) atoms. The third kappa shape index (κ3) is 10.2. The van der Waals surface area contributed by atoms with Crippen LogP contribution in [0.2, 0.25) is 0 Å². The van der Waals surface area contributed by atoms with Gasteiger partial charge in [-0.25, -0.2) is 8.78 Å². The minimum absolute atomic E-state index is 0.0171. The van der Waals surface area contributed by atoms with Crippen LogP contribution in [0.3, 0.4) is 0 Å². The minimum atomic E-state index is -1.89. The van der Waals surface area contributed by atoms with Crippen molar-refractivity contribution in [2.45, 2.75) is 65.0 Å². The molecule has 1 heterocycles. The van der Waals surface area contributed by atoms with E-state index in [1.807, 2.05) is 26.8 Å². The van der Waals surface area contributed by atoms with Gasteiger partial charge in [-0.15, -0.1) is 0 Å². The lowest BCUT2D eigenvalue weighted by Gasteiger charge is -2.26. The Bertz CT molecular complexity index is 1530. The van der Waals surface area contributed by atoms with E-state index in [1.54, 1.807) is 39.0 Å². The largest absolute Gasteiger partial charge is 0.479 e. The number of nitrogens with one attached hydrogen (secondary N) is 2. The second kappa shape index (κ2) is 15.6. The second-order valence-electron chi connectivity index (χ2n) is 13.2. The molecule has 2 aromatic rings. The van der Waals surface area contributed by atoms with E-state index in [4.69, 9.17) is 14.2 Å². The normalized spacial score (nSPS) is 16.0. The summed E-state index contributed by atoms with van der Waals surface area (Å²) in [4.78, 5) is 66.4. The summed E-state index contributed by atoms with van der Waals surface area (Å²) in [7, 11) is 0. The van der Waals surface area contributed by atoms with E-state index < -0.39 is 89.1 Å². The molecule has 2 aromatic carbocycles. The van der Waals surface area contributed by atoms with Crippen LogP contribution in [0.15, 0.2) is 30.3 Å². The van der Waals surface area contributed by atoms with Crippen LogP contribution in [0.25, 0.3) is 0 Å². The van der Waals surface area contributed by atoms with Gasteiger partial charge in [-0.1, -0.05) is 39.0 Å². The number of hydrogen-bond acceptors (Lipinski definition) is 8. The Labute approximate surface area is 275 Å². The molecule has 262 valence electrons. The first kappa shape index (κ1) is 37.9. The molecule has 2 atom stereocenters. The van der Waals surface area contributed by atoms with Crippen molar-refractivity contribution in [3.8, 4) is 5.75 Å². The Kier molecular flexibility index (Phi) is 12.3. The number of Topliss-reactive ketones (excluding diaryl/α,β-unsaturated/α-hetero) is 1. The van der Waals surface area contributed by atoms with E-state index in [0.717, 1.165) is 10.5 Å². The number of ether oxygens (including phenoxy) is 3. The van der Waals surface area contributed by atoms with Crippen LogP contribution in [-0.4, -0.2) is 78.9 Å². The van der Waals surface area contributed by atoms with Crippen molar-refractivity contribution < 1.29 is 55.7 Å². The van der Waals surface area contributed by atoms with Gasteiger partial charge in [0.1, 0.15) is 18.2 Å². The van der Waals surface area contributed by atoms with E-state index in [0.29, 0.717) is 5.69 Å². The number of ketones is 1. The van der Waals surface area contributed by atoms with E-state index >= 15 is 0 Å². The van der Waals surface area contributed by atoms with E-state index in [9.17, 15) is 41.5 Å². The number of benzene rings is 2. The first-order valence-corrected chi connectivity index (χ1v) is 15.1. The van der Waals surface area contributed by atoms with Gasteiger partial charge in [0.2, 0.25) is 17.5 Å². The molecule has 1 saturated heterocycles. The van der Waals surface area contributed by atoms with Crippen LogP contribution in [0.1, 0.15) is 53.5 Å². The van der Waals surface area contributed by atoms with Crippen LogP contribution >= 0.6 is 0 Å². The standard InChI is InChI=1S/C33H39F4N3O8/c1-32(2,3)19-9-7-8-10-22(19)38-30(44)31(45)40-11-12-46-16-18(15-40)29(43)39-23(14-25(42)48-33(4,5)6)24(41)17-47-28-26(36)20(34)13-21(35)27(28)37/h7-10,13,18,23H,11-12,14-17H2,1-6H3,(H,38,44)(H,39,43)/t18?,23-/m0/s1. The van der Waals surface area contributed by atoms with Crippen molar-refractivity contribution >= 4 is 35.2 Å². The summed E-state index contributed by atoms with van der Waals surface area (Å²) in [5.74, 6) is -14.7. The number of anilines is 1. The Morgan fingerprint density at radius 1 is 0.979 bits per heavy atom. The van der Waals surface area contributed by atoms with Gasteiger partial charge in [0.15, 0.2) is 23.2 Å². The van der Waals surface area contributed by atoms with Gasteiger partial charge in [0, 0.05) is 24.8 Å². The maximum atomic E-state index is 14.1. The summed E-state index contributed by atoms with van der Waals surface area (Å²) in [6, 6.07) is 5.26. The number of nitrogens with zero attached hydrogens (tertiary/aromatic N) is 1. The number of esters is 1. The third-order valence-corrected chi connectivity index (χ3v) is 7.03. The van der Waals surface area contributed by atoms with Crippen LogP contribution in [0, 0.1) is 29.2 Å². The number of halogens is 4. The van der Waals surface area contributed by atoms with Crippen molar-refractivity contribution in [1.82, 2.24) is 10.2 Å². The molecule has 0 aromatic heterocycles. The molecule has 3 rings (SSSR count). The highest BCUT2D eigenvalue weighted by atomic mass is 19.2. The van der Waals surface area contributed by atoms with Gasteiger partial charge in [-0.3, -0.25) is 24.0 Å². The lowest BCUT2D eigenvalue weighted by molar-refractivity contribution is -0.156. The van der Waals surface area contributed by atoms with Gasteiger partial charge in [-0.05, 0) is 37.8 Å². The molecule has 3 amide bonds. The molecule has 1 aliphatic rings. The van der Waals surface area contributed by atoms with Crippen molar-refractivity contribution in [1.29, 1.82) is 0 Å². The Morgan fingerprint density at radius 3 is 2.21 bits per heavy atom. The molecular weight excluding hydrogens is 642 g/mol. The summed E-state index contributed by atoms with van der Waals surface area (Å²) < 4.78 is 70.9. The number of hydrogen-bond donors (Lipinski definition) is 2. The molecule has 1 fully saturated rings. The van der Waals surface area contributed by atoms with Crippen LogP contribution in [0.4, 0.5) is 23.2 Å². The van der Waals surface area contributed by atoms with Gasteiger partial charge in [-0.2, -0.15) is 8.78 Å². The molecule has 1 aliphatic heterocycles. The number of rotatable bonds is 9. The van der Waals surface area contributed by atoms with Crippen molar-refractivity contribution in [2.24, 2.45) is 5.92 Å². The zero-order chi connectivity index (χ0) is 36.0. The lowest BCUT2D eigenvalue weighted by atomic mass is 9.86. The number of para-hydroxylation sites is 1. The molecule has 15 heteroatoms. The number of amides is 3. The average Bonchev–Trinajstić information content (AvgIpc) is 3.24. The summed E-state index contributed by atoms with van der Waals surface area (Å²) in [6.45, 7) is 8.71. The molecular formula is C33H39F4N3O8. The van der Waals surface area contributed by atoms with E-state index in [2.05, 4.69) is 10.6 Å². The molecule has 0 spiro atoms. The zero-order valence-electron chi connectivity index (χ0n) is 27.5. The van der Waals surface area contributed by atoms with Crippen LogP contribution in [-0.2, 0) is 38.9 Å². The second-order valence-corrected chi connectivity index (χ2v) is 13.2. The maximum absolute atomic E-state index is 14.1. The first-order valence-electron chi connectivity index (χ1n) is 15.1. The average molecular weight is 682 g/mol. The Hall–Kier alpha value is -4.53. The molecule has 1 unspecified atom stereocenters. The monoisotopic (exact) mass is 681 g/mol. The number of carbonyl (C=O) groups is 5. The van der Waals surface area contributed by atoms with Crippen molar-refractivity contribution in [3.63, 3.8) is 0 Å². The Balaban J connectivity index is 1.76. The Morgan fingerprint density at radius 2 is 1.60 bits per heavy atom. The molecule has 0 bridgehead atoms. The number of carbonyl (C=O) groups excluding carboxylic acids is 5. The quantitative estimate of drug-likeness (QED) is 0.176. The van der Waals surface area contributed by atoms with Gasteiger partial charge in [0.05, 0.1) is 25.6 Å². The van der Waals surface area contributed by atoms with Crippen molar-refractivity contribution in [3.05, 3.63) is 59.2 Å². The smallest absolute Gasteiger partial charge is 0.313 e. The lowest BCUT2D eigenvalue weighted by Crippen LogP contribution is -2.50. The fourth-order valence-electron chi connectivity index (χ4n) is 4.73. The van der Waals surface area contributed by atoms with Crippen LogP contribution < -0.4 is 15.4 Å². The van der Waals surface area contributed by atoms with E-state index in [1.165, 1.54) is 0 Å². The first-order chi connectivity index (χ1) is 22.3. The minimum Gasteiger partial charge on any atom is -0.479 e. The fraction of sp³-hybridized carbons (Fsp3) is 0.485. The predicted octanol–water partition coefficient (Wildman–Crippen LogP) is 3.82. The molecule has 11 nitrogen and oxygen atoms in total. The van der Waals surface area contributed by atoms with Crippen molar-refractivity contribution in [2.75, 3.05) is 38.2 Å². The fourth-order valence-corrected chi connectivity index (χ4v) is 4.73. The van der Waals surface area contributed by atoms with Gasteiger partial charge in [0.25, 0.3) is 0 Å². The summed E-state index contributed by atoms with van der Waals surface area (Å²) in [6.07, 6.45) is -0.751. The predicted molar refractivity (Wildman–Crippen MR) is 164 cm³/mol. The molecule has 0 saturated carbocycles. The topological polar surface area (TPSA) is 140 Å². The highest BCUT2D eigenvalue weighted by Crippen LogP contribution is 2.29. The van der Waals surface area contributed by atoms with Gasteiger partial charge < -0.3 is 29.7 Å². The molecule has 0 radical (unpaired) electrons. The third-order valence-electron chi connectivity index (χ3n) is 7.03. The van der Waals surface area contributed by atoms with Gasteiger partial charge >= 0.3 is 17.8 Å². The highest BCUT2D eigenvalue weighted by Gasteiger charge is 2.35. The molecule has 2 N–H and O–H groups in total.